The Morgan fingerprint density at radius 1 is 1.27 bits per heavy atom. The van der Waals surface area contributed by atoms with Gasteiger partial charge in [-0.25, -0.2) is 0 Å². The first-order valence-corrected chi connectivity index (χ1v) is 12.5. The van der Waals surface area contributed by atoms with Gasteiger partial charge in [-0.05, 0) is 45.7 Å². The summed E-state index contributed by atoms with van der Waals surface area (Å²) in [5, 5.41) is 0. The van der Waals surface area contributed by atoms with Crippen LogP contribution in [0.15, 0.2) is 47.3 Å². The zero-order valence-corrected chi connectivity index (χ0v) is 22.7. The van der Waals surface area contributed by atoms with Crippen molar-refractivity contribution in [1.82, 2.24) is 19.1 Å². The number of fused-ring (bicyclic) bond motifs is 2. The summed E-state index contributed by atoms with van der Waals surface area (Å²) in [6, 6.07) is 5.09. The normalized spacial score (nSPS) is 14.7. The molecule has 0 aliphatic carbocycles. The van der Waals surface area contributed by atoms with Crippen molar-refractivity contribution in [2.45, 2.75) is 53.7 Å². The zero-order valence-electron chi connectivity index (χ0n) is 22.7. The van der Waals surface area contributed by atoms with E-state index in [1.54, 1.807) is 45.2 Å². The molecule has 0 atom stereocenters. The minimum absolute atomic E-state index is 0.0817. The largest absolute Gasteiger partial charge is 0.479 e. The maximum atomic E-state index is 13.6. The second kappa shape index (κ2) is 9.88. The van der Waals surface area contributed by atoms with Crippen LogP contribution in [0.5, 0.6) is 17.5 Å². The molecule has 0 fully saturated rings. The van der Waals surface area contributed by atoms with Gasteiger partial charge in [-0.1, -0.05) is 38.2 Å². The number of hydrogen-bond acceptors (Lipinski definition) is 7. The van der Waals surface area contributed by atoms with Crippen LogP contribution in [0.25, 0.3) is 11.2 Å². The first-order chi connectivity index (χ1) is 17.5. The minimum Gasteiger partial charge on any atom is -0.479 e. The lowest BCUT2D eigenvalue weighted by Crippen LogP contribution is -2.31. The molecule has 0 spiro atoms. The molecule has 1 aromatic carbocycles. The number of hydrogen-bond donors (Lipinski definition) is 0. The van der Waals surface area contributed by atoms with Gasteiger partial charge in [0, 0.05) is 32.7 Å². The maximum absolute atomic E-state index is 13.6. The number of nitrogens with zero attached hydrogens (tertiary/aromatic N) is 5. The molecule has 0 bridgehead atoms. The van der Waals surface area contributed by atoms with Crippen LogP contribution < -0.4 is 19.9 Å². The highest BCUT2D eigenvalue weighted by molar-refractivity contribution is 6.07. The van der Waals surface area contributed by atoms with Gasteiger partial charge in [0.05, 0.1) is 5.56 Å². The lowest BCUT2D eigenvalue weighted by molar-refractivity contribution is 0.0684. The van der Waals surface area contributed by atoms with Crippen molar-refractivity contribution in [1.29, 1.82) is 0 Å². The molecule has 0 saturated carbocycles. The summed E-state index contributed by atoms with van der Waals surface area (Å²) in [6.07, 6.45) is 3.66. The van der Waals surface area contributed by atoms with Gasteiger partial charge in [-0.3, -0.25) is 18.7 Å². The highest BCUT2D eigenvalue weighted by Crippen LogP contribution is 2.38. The molecule has 0 saturated heterocycles. The zero-order chi connectivity index (χ0) is 27.1. The third kappa shape index (κ3) is 4.90. The average Bonchev–Trinajstić information content (AvgIpc) is 3.28. The van der Waals surface area contributed by atoms with Gasteiger partial charge in [0.1, 0.15) is 11.5 Å². The smallest absolute Gasteiger partial charge is 0.306 e. The van der Waals surface area contributed by atoms with Gasteiger partial charge in [0.25, 0.3) is 5.56 Å². The number of carbonyl (C=O) groups is 1. The van der Waals surface area contributed by atoms with Crippen LogP contribution >= 0.6 is 0 Å². The van der Waals surface area contributed by atoms with E-state index in [1.807, 2.05) is 17.6 Å². The molecule has 3 aromatic rings. The van der Waals surface area contributed by atoms with E-state index in [-0.39, 0.29) is 17.4 Å². The molecule has 9 heteroatoms. The van der Waals surface area contributed by atoms with Crippen LogP contribution in [0, 0.1) is 5.92 Å². The predicted molar refractivity (Wildman–Crippen MR) is 145 cm³/mol. The van der Waals surface area contributed by atoms with Crippen molar-refractivity contribution in [2.24, 2.45) is 13.0 Å². The lowest BCUT2D eigenvalue weighted by atomic mass is 10.00. The number of rotatable bonds is 9. The van der Waals surface area contributed by atoms with Gasteiger partial charge in [0.2, 0.25) is 11.7 Å². The van der Waals surface area contributed by atoms with Crippen LogP contribution in [0.3, 0.4) is 0 Å². The molecule has 0 unspecified atom stereocenters. The Kier molecular flexibility index (Phi) is 6.99. The maximum Gasteiger partial charge on any atom is 0.306 e. The molecule has 1 aliphatic rings. The minimum atomic E-state index is -0.923. The highest BCUT2D eigenvalue weighted by Gasteiger charge is 2.39. The number of aromatic nitrogens is 4. The molecule has 0 N–H and O–H groups in total. The quantitative estimate of drug-likeness (QED) is 0.382. The number of Topliss-reactive ketones (excluding diaryl/α,β-unsaturated/α-hetero) is 1. The van der Waals surface area contributed by atoms with Crippen LogP contribution in [0.4, 0.5) is 5.95 Å². The molecule has 1 aliphatic heterocycles. The van der Waals surface area contributed by atoms with E-state index in [0.29, 0.717) is 46.6 Å². The van der Waals surface area contributed by atoms with Crippen LogP contribution in [0.2, 0.25) is 0 Å². The van der Waals surface area contributed by atoms with E-state index < -0.39 is 5.60 Å². The summed E-state index contributed by atoms with van der Waals surface area (Å²) in [5.41, 5.74) is 1.08. The predicted octanol–water partition coefficient (Wildman–Crippen LogP) is 4.89. The Hall–Kier alpha value is -3.88. The fourth-order valence-corrected chi connectivity index (χ4v) is 4.50. The SMILES string of the molecule is C=C/C=C(\C)Cn1c(N(CC)CC(C)C)nc2nc(Oc3ccc4c(c3)OC(C)(C)C4=O)n(C)c(=O)c21. The Morgan fingerprint density at radius 3 is 2.65 bits per heavy atom. The number of carbonyl (C=O) groups excluding carboxylic acids is 1. The number of ketones is 1. The highest BCUT2D eigenvalue weighted by atomic mass is 16.5. The van der Waals surface area contributed by atoms with Crippen LogP contribution in [-0.2, 0) is 13.6 Å². The van der Waals surface area contributed by atoms with E-state index in [0.717, 1.165) is 18.7 Å². The van der Waals surface area contributed by atoms with E-state index in [4.69, 9.17) is 14.5 Å². The van der Waals surface area contributed by atoms with E-state index >= 15 is 0 Å². The summed E-state index contributed by atoms with van der Waals surface area (Å²) in [7, 11) is 1.62. The van der Waals surface area contributed by atoms with Crippen molar-refractivity contribution in [3.05, 3.63) is 58.4 Å². The van der Waals surface area contributed by atoms with Crippen molar-refractivity contribution >= 4 is 22.9 Å². The van der Waals surface area contributed by atoms with E-state index in [1.165, 1.54) is 4.57 Å². The second-order valence-electron chi connectivity index (χ2n) is 10.3. The number of ether oxygens (including phenoxy) is 2. The first-order valence-electron chi connectivity index (χ1n) is 12.5. The summed E-state index contributed by atoms with van der Waals surface area (Å²) in [4.78, 5) is 37.7. The third-order valence-electron chi connectivity index (χ3n) is 6.30. The van der Waals surface area contributed by atoms with Gasteiger partial charge < -0.3 is 14.4 Å². The number of allylic oxidation sites excluding steroid dienone is 3. The molecule has 2 aromatic heterocycles. The Labute approximate surface area is 217 Å². The molecule has 0 radical (unpaired) electrons. The molecule has 4 rings (SSSR count). The molecule has 9 nitrogen and oxygen atoms in total. The van der Waals surface area contributed by atoms with Crippen molar-refractivity contribution < 1.29 is 14.3 Å². The van der Waals surface area contributed by atoms with Gasteiger partial charge in [0.15, 0.2) is 16.8 Å². The number of anilines is 1. The summed E-state index contributed by atoms with van der Waals surface area (Å²) < 4.78 is 15.1. The average molecular weight is 506 g/mol. The fraction of sp³-hybridized carbons (Fsp3) is 0.429. The number of benzene rings is 1. The molecular weight excluding hydrogens is 470 g/mol. The number of imidazole rings is 1. The monoisotopic (exact) mass is 505 g/mol. The molecule has 0 amide bonds. The Morgan fingerprint density at radius 2 is 2.00 bits per heavy atom. The fourth-order valence-electron chi connectivity index (χ4n) is 4.50. The van der Waals surface area contributed by atoms with Crippen LogP contribution in [0.1, 0.15) is 51.9 Å². The first kappa shape index (κ1) is 26.2. The molecule has 3 heterocycles. The summed E-state index contributed by atoms with van der Waals surface area (Å²) in [5.74, 6) is 1.87. The summed E-state index contributed by atoms with van der Waals surface area (Å²) >= 11 is 0. The molecule has 196 valence electrons. The van der Waals surface area contributed by atoms with Gasteiger partial charge >= 0.3 is 6.01 Å². The van der Waals surface area contributed by atoms with Crippen molar-refractivity contribution in [3.8, 4) is 17.5 Å². The summed E-state index contributed by atoms with van der Waals surface area (Å²) in [6.45, 7) is 17.6. The van der Waals surface area contributed by atoms with Crippen molar-refractivity contribution in [2.75, 3.05) is 18.0 Å². The van der Waals surface area contributed by atoms with Crippen molar-refractivity contribution in [3.63, 3.8) is 0 Å². The second-order valence-corrected chi connectivity index (χ2v) is 10.3. The van der Waals surface area contributed by atoms with E-state index in [9.17, 15) is 9.59 Å². The van der Waals surface area contributed by atoms with Gasteiger partial charge in [-0.2, -0.15) is 9.97 Å². The Balaban J connectivity index is 1.81. The standard InChI is InChI=1S/C28H35N5O4/c1-9-11-18(5)16-33-22-24(29-26(33)32(10-2)15-17(3)4)30-27(31(8)25(22)35)36-19-12-13-20-21(14-19)37-28(6,7)23(20)34/h9,11-14,17H,1,10,15-16H2,2-8H3/b18-11+. The molecule has 37 heavy (non-hydrogen) atoms. The van der Waals surface area contributed by atoms with Crippen LogP contribution in [-0.4, -0.2) is 43.6 Å². The topological polar surface area (TPSA) is 91.5 Å². The van der Waals surface area contributed by atoms with E-state index in [2.05, 4.69) is 37.2 Å². The lowest BCUT2D eigenvalue weighted by Gasteiger charge is -2.25. The Bertz CT molecular complexity index is 1460. The third-order valence-corrected chi connectivity index (χ3v) is 6.30. The molecular formula is C28H35N5O4. The van der Waals surface area contributed by atoms with Gasteiger partial charge in [-0.15, -0.1) is 0 Å².